The third-order valence-electron chi connectivity index (χ3n) is 3.69. The Morgan fingerprint density at radius 2 is 1.65 bits per heavy atom. The van der Waals surface area contributed by atoms with E-state index in [2.05, 4.69) is 25.2 Å². The second-order valence-corrected chi connectivity index (χ2v) is 8.20. The molecule has 0 atom stereocenters. The fourth-order valence-corrected chi connectivity index (χ4v) is 3.67. The minimum atomic E-state index is -4.65. The Morgan fingerprint density at radius 3 is 2.16 bits per heavy atom. The van der Waals surface area contributed by atoms with E-state index in [-0.39, 0.29) is 57.4 Å². The van der Waals surface area contributed by atoms with E-state index in [1.807, 2.05) is 0 Å². The number of azo groups is 1. The van der Waals surface area contributed by atoms with Crippen molar-refractivity contribution in [3.8, 4) is 5.75 Å². The molecule has 0 saturated heterocycles. The normalized spacial score (nSPS) is 11.3. The third-order valence-corrected chi connectivity index (χ3v) is 5.28. The third kappa shape index (κ3) is 6.06. The number of aromatic nitrogens is 1. The number of aromatic hydroxyl groups is 1. The molecule has 1 aromatic heterocycles. The van der Waals surface area contributed by atoms with Crippen molar-refractivity contribution in [3.05, 3.63) is 30.3 Å². The quantitative estimate of drug-likeness (QED) is 0.207. The topological polar surface area (TPSA) is 173 Å². The number of carbonyl (C=O) groups excluding carboxylic acids is 2. The summed E-state index contributed by atoms with van der Waals surface area (Å²) in [6, 6.07) is 6.38. The zero-order valence-corrected chi connectivity index (χ0v) is 20.2. The van der Waals surface area contributed by atoms with Crippen molar-refractivity contribution in [1.29, 1.82) is 0 Å². The molecule has 0 bridgehead atoms. The largest absolute Gasteiger partial charge is 1.00 e. The zero-order valence-electron chi connectivity index (χ0n) is 16.5. The number of rotatable bonds is 5. The first-order valence-corrected chi connectivity index (χ1v) is 10.4. The van der Waals surface area contributed by atoms with E-state index in [1.54, 1.807) is 0 Å². The predicted octanol–water partition coefficient (Wildman–Crippen LogP) is 0.242. The van der Waals surface area contributed by atoms with Gasteiger partial charge in [0.25, 0.3) is 0 Å². The van der Waals surface area contributed by atoms with Gasteiger partial charge in [-0.25, -0.2) is 8.42 Å². The number of phenols is 1. The number of phenolic OH excluding ortho intramolecular Hbond substituents is 1. The Labute approximate surface area is 202 Å². The Bertz CT molecular complexity index is 1270. The monoisotopic (exact) mass is 471 g/mol. The summed E-state index contributed by atoms with van der Waals surface area (Å²) < 4.78 is 37.9. The Hall–Kier alpha value is -2.42. The summed E-state index contributed by atoms with van der Waals surface area (Å²) in [5.74, 6) is -1.26. The van der Waals surface area contributed by atoms with Gasteiger partial charge in [0.1, 0.15) is 10.1 Å². The van der Waals surface area contributed by atoms with Crippen molar-refractivity contribution in [2.75, 3.05) is 10.6 Å². The first-order valence-electron chi connectivity index (χ1n) is 8.24. The molecule has 3 N–H and O–H groups in total. The van der Waals surface area contributed by atoms with Gasteiger partial charge >= 0.3 is 29.6 Å². The van der Waals surface area contributed by atoms with Crippen LogP contribution in [0.5, 0.6) is 5.75 Å². The minimum absolute atomic E-state index is 0. The number of anilines is 2. The molecule has 0 fully saturated rings. The van der Waals surface area contributed by atoms with Crippen molar-refractivity contribution in [1.82, 2.24) is 4.37 Å². The predicted molar refractivity (Wildman–Crippen MR) is 108 cm³/mol. The van der Waals surface area contributed by atoms with Crippen molar-refractivity contribution in [3.63, 3.8) is 0 Å². The number of benzene rings is 2. The molecular weight excluding hydrogens is 457 g/mol. The molecule has 0 aliphatic carbocycles. The number of nitrogens with zero attached hydrogens (tertiary/aromatic N) is 3. The Balaban J connectivity index is 0.00000341. The average Bonchev–Trinajstić information content (AvgIpc) is 3.04. The molecule has 156 valence electrons. The van der Waals surface area contributed by atoms with E-state index in [0.29, 0.717) is 10.9 Å². The average molecular weight is 471 g/mol. The van der Waals surface area contributed by atoms with Crippen molar-refractivity contribution < 1.29 is 57.2 Å². The molecule has 31 heavy (non-hydrogen) atoms. The number of hydrogen-bond donors (Lipinski definition) is 3. The summed E-state index contributed by atoms with van der Waals surface area (Å²) in [4.78, 5) is 22.3. The van der Waals surface area contributed by atoms with Gasteiger partial charge in [-0.2, -0.15) is 4.37 Å². The number of amides is 2. The van der Waals surface area contributed by atoms with Crippen LogP contribution in [0.2, 0.25) is 0 Å². The van der Waals surface area contributed by atoms with Crippen LogP contribution >= 0.6 is 11.5 Å². The summed E-state index contributed by atoms with van der Waals surface area (Å²) in [5.41, 5.74) is 0.632. The van der Waals surface area contributed by atoms with E-state index in [0.717, 1.165) is 23.7 Å². The number of carbonyl (C=O) groups is 2. The second-order valence-electron chi connectivity index (χ2n) is 6.07. The van der Waals surface area contributed by atoms with Crippen LogP contribution in [0.15, 0.2) is 45.5 Å². The maximum absolute atomic E-state index is 11.4. The van der Waals surface area contributed by atoms with Gasteiger partial charge in [-0.3, -0.25) is 9.59 Å². The van der Waals surface area contributed by atoms with E-state index >= 15 is 0 Å². The van der Waals surface area contributed by atoms with Crippen molar-refractivity contribution >= 4 is 66.4 Å². The minimum Gasteiger partial charge on any atom is -0.744 e. The summed E-state index contributed by atoms with van der Waals surface area (Å²) >= 11 is 0.938. The first-order chi connectivity index (χ1) is 14.0. The van der Waals surface area contributed by atoms with Crippen molar-refractivity contribution in [2.45, 2.75) is 18.7 Å². The summed E-state index contributed by atoms with van der Waals surface area (Å²) in [7, 11) is -4.65. The van der Waals surface area contributed by atoms with Gasteiger partial charge in [0, 0.05) is 19.2 Å². The van der Waals surface area contributed by atoms with Crippen LogP contribution in [-0.4, -0.2) is 34.3 Å². The fourth-order valence-electron chi connectivity index (χ4n) is 2.49. The van der Waals surface area contributed by atoms with Gasteiger partial charge in [-0.1, -0.05) is 0 Å². The molecule has 2 aromatic carbocycles. The molecule has 14 heteroatoms. The van der Waals surface area contributed by atoms with E-state index in [4.69, 9.17) is 0 Å². The SMILES string of the molecule is CC(=O)Nc1cc(N=Nc2snc3ccc(S(=O)(=O)[O-])cc23)cc(NC(C)=O)c1O.[Na+]. The molecule has 0 spiro atoms. The van der Waals surface area contributed by atoms with E-state index in [1.165, 1.54) is 32.0 Å². The van der Waals surface area contributed by atoms with Crippen LogP contribution in [0.4, 0.5) is 22.1 Å². The summed E-state index contributed by atoms with van der Waals surface area (Å²) in [5, 5.41) is 23.7. The van der Waals surface area contributed by atoms with Gasteiger partial charge in [0.05, 0.1) is 27.5 Å². The van der Waals surface area contributed by atoms with Crippen LogP contribution < -0.4 is 40.2 Å². The smallest absolute Gasteiger partial charge is 0.744 e. The molecule has 0 aliphatic heterocycles. The molecule has 2 amide bonds. The first kappa shape index (κ1) is 24.8. The fraction of sp³-hybridized carbons (Fsp3) is 0.118. The van der Waals surface area contributed by atoms with Gasteiger partial charge in [0.2, 0.25) is 11.8 Å². The maximum atomic E-state index is 11.4. The molecule has 3 aromatic rings. The number of nitrogens with one attached hydrogen (secondary N) is 2. The van der Waals surface area contributed by atoms with Crippen LogP contribution in [0.3, 0.4) is 0 Å². The molecular formula is C17H14N5NaO6S2. The molecule has 0 saturated carbocycles. The molecule has 3 rings (SSSR count). The summed E-state index contributed by atoms with van der Waals surface area (Å²) in [6.07, 6.45) is 0. The maximum Gasteiger partial charge on any atom is 1.00 e. The van der Waals surface area contributed by atoms with Crippen LogP contribution in [0, 0.1) is 0 Å². The number of fused-ring (bicyclic) bond motifs is 1. The molecule has 0 radical (unpaired) electrons. The van der Waals surface area contributed by atoms with Gasteiger partial charge in [-0.05, 0) is 41.9 Å². The van der Waals surface area contributed by atoms with Gasteiger partial charge in [-0.15, -0.1) is 10.2 Å². The Morgan fingerprint density at radius 1 is 1.06 bits per heavy atom. The van der Waals surface area contributed by atoms with Gasteiger partial charge in [0.15, 0.2) is 10.8 Å². The van der Waals surface area contributed by atoms with Crippen LogP contribution in [-0.2, 0) is 19.7 Å². The molecule has 0 unspecified atom stereocenters. The number of hydrogen-bond acceptors (Lipinski definition) is 10. The Kier molecular flexibility index (Phi) is 7.86. The second kappa shape index (κ2) is 9.80. The zero-order chi connectivity index (χ0) is 22.1. The van der Waals surface area contributed by atoms with Crippen LogP contribution in [0.25, 0.3) is 10.9 Å². The molecule has 1 heterocycles. The van der Waals surface area contributed by atoms with Crippen LogP contribution in [0.1, 0.15) is 13.8 Å². The van der Waals surface area contributed by atoms with Crippen molar-refractivity contribution in [2.24, 2.45) is 10.2 Å². The van der Waals surface area contributed by atoms with Gasteiger partial charge < -0.3 is 20.3 Å². The summed E-state index contributed by atoms with van der Waals surface area (Å²) in [6.45, 7) is 2.49. The standard InChI is InChI=1S/C17H15N5O6S2.Na/c1-8(23)18-14-5-10(6-15(16(14)25)19-9(2)24)20-21-17-12-7-11(30(26,27)28)3-4-13(12)22-29-17;/h3-7,25H,1-2H3,(H,18,23)(H,19,24)(H,26,27,28);/q;+1/p-1. The van der Waals surface area contributed by atoms with E-state index in [9.17, 15) is 27.7 Å². The molecule has 11 nitrogen and oxygen atoms in total. The molecule has 0 aliphatic rings. The van der Waals surface area contributed by atoms with E-state index < -0.39 is 26.8 Å².